The molecule has 1 rings (SSSR count). The number of hydrogen-bond donors (Lipinski definition) is 0. The predicted molar refractivity (Wildman–Crippen MR) is 50.1 cm³/mol. The van der Waals surface area contributed by atoms with Gasteiger partial charge in [-0.15, -0.1) is 0 Å². The third-order valence-electron chi connectivity index (χ3n) is 1.66. The Morgan fingerprint density at radius 1 is 1.15 bits per heavy atom. The van der Waals surface area contributed by atoms with E-state index in [1.165, 1.54) is 24.8 Å². The first kappa shape index (κ1) is 11.6. The number of rotatable bonds is 3. The lowest BCUT2D eigenvalue weighted by molar-refractivity contribution is -0.191. The topological polar surface area (TPSA) is 34.1 Å². The highest BCUT2D eigenvalue weighted by Crippen LogP contribution is 2.03. The quantitative estimate of drug-likeness (QED) is 0.712. The van der Waals surface area contributed by atoms with Crippen LogP contribution in [0.15, 0.2) is 30.3 Å². The highest BCUT2D eigenvalue weighted by molar-refractivity contribution is 5.20. The molecule has 0 amide bonds. The van der Waals surface area contributed by atoms with Crippen LogP contribution in [0.25, 0.3) is 0 Å². The number of benzene rings is 1. The first-order chi connectivity index (χ1) is 6.35. The number of carbonyl (C=O) groups excluding carboxylic acids is 2. The van der Waals surface area contributed by atoms with Gasteiger partial charge in [-0.1, -0.05) is 43.7 Å². The summed E-state index contributed by atoms with van der Waals surface area (Å²) in [7, 11) is 0. The molecule has 0 aliphatic heterocycles. The molecule has 0 aliphatic carbocycles. The van der Waals surface area contributed by atoms with Gasteiger partial charge in [0.25, 0.3) is 0 Å². The van der Waals surface area contributed by atoms with Crippen LogP contribution in [0.5, 0.6) is 0 Å². The zero-order valence-corrected chi connectivity index (χ0v) is 7.82. The van der Waals surface area contributed by atoms with Gasteiger partial charge in [-0.3, -0.25) is 0 Å². The summed E-state index contributed by atoms with van der Waals surface area (Å²) in [6, 6.07) is 10.6. The largest absolute Gasteiger partial charge is 0.373 e. The van der Waals surface area contributed by atoms with Crippen LogP contribution in [0.2, 0.25) is 0 Å². The van der Waals surface area contributed by atoms with Crippen molar-refractivity contribution in [1.29, 1.82) is 0 Å². The Morgan fingerprint density at radius 3 is 2.15 bits per heavy atom. The van der Waals surface area contributed by atoms with Crippen LogP contribution in [-0.4, -0.2) is 6.15 Å². The molecule has 0 unspecified atom stereocenters. The molecule has 0 fully saturated rings. The molecule has 13 heavy (non-hydrogen) atoms. The second kappa shape index (κ2) is 8.69. The van der Waals surface area contributed by atoms with Gasteiger partial charge < -0.3 is 0 Å². The van der Waals surface area contributed by atoms with Crippen molar-refractivity contribution < 1.29 is 9.59 Å². The number of hydrogen-bond acceptors (Lipinski definition) is 2. The van der Waals surface area contributed by atoms with Crippen LogP contribution < -0.4 is 0 Å². The number of aryl methyl sites for hydroxylation is 1. The molecule has 0 radical (unpaired) electrons. The van der Waals surface area contributed by atoms with Crippen LogP contribution >= 0.6 is 0 Å². The molecule has 2 nitrogen and oxygen atoms in total. The fraction of sp³-hybridized carbons (Fsp3) is 0.364. The van der Waals surface area contributed by atoms with Crippen molar-refractivity contribution in [2.24, 2.45) is 0 Å². The van der Waals surface area contributed by atoms with E-state index in [-0.39, 0.29) is 6.15 Å². The maximum atomic E-state index is 8.12. The lowest BCUT2D eigenvalue weighted by Gasteiger charge is -1.96. The Labute approximate surface area is 78.6 Å². The van der Waals surface area contributed by atoms with Gasteiger partial charge >= 0.3 is 6.15 Å². The van der Waals surface area contributed by atoms with Gasteiger partial charge in [0.1, 0.15) is 0 Å². The van der Waals surface area contributed by atoms with Gasteiger partial charge in [0, 0.05) is 0 Å². The summed E-state index contributed by atoms with van der Waals surface area (Å²) >= 11 is 0. The molecular formula is C11H14O2. The third kappa shape index (κ3) is 6.98. The molecule has 0 saturated heterocycles. The summed E-state index contributed by atoms with van der Waals surface area (Å²) in [4.78, 5) is 16.2. The van der Waals surface area contributed by atoms with E-state index in [0.29, 0.717) is 0 Å². The SMILES string of the molecule is CCCCc1ccccc1.O=C=O. The second-order valence-corrected chi connectivity index (χ2v) is 2.67. The molecule has 2 heteroatoms. The molecule has 0 aromatic heterocycles. The van der Waals surface area contributed by atoms with Gasteiger partial charge in [-0.25, -0.2) is 0 Å². The van der Waals surface area contributed by atoms with Gasteiger partial charge in [-0.2, -0.15) is 9.59 Å². The fourth-order valence-corrected chi connectivity index (χ4v) is 1.03. The fourth-order valence-electron chi connectivity index (χ4n) is 1.03. The minimum absolute atomic E-state index is 0.250. The van der Waals surface area contributed by atoms with Gasteiger partial charge in [0.2, 0.25) is 0 Å². The Morgan fingerprint density at radius 2 is 1.69 bits per heavy atom. The second-order valence-electron chi connectivity index (χ2n) is 2.67. The standard InChI is InChI=1S/C10H14.CO2/c1-2-3-7-10-8-5-4-6-9-10;2-1-3/h4-6,8-9H,2-3,7H2,1H3;. The molecule has 0 saturated carbocycles. The predicted octanol–water partition coefficient (Wildman–Crippen LogP) is 2.45. The molecule has 0 aliphatic rings. The first-order valence-corrected chi connectivity index (χ1v) is 4.38. The van der Waals surface area contributed by atoms with E-state index >= 15 is 0 Å². The smallest absolute Gasteiger partial charge is 0.186 e. The van der Waals surface area contributed by atoms with E-state index in [0.717, 1.165) is 0 Å². The average molecular weight is 178 g/mol. The van der Waals surface area contributed by atoms with Gasteiger partial charge in [0.05, 0.1) is 0 Å². The molecule has 0 bridgehead atoms. The summed E-state index contributed by atoms with van der Waals surface area (Å²) in [5.74, 6) is 0. The van der Waals surface area contributed by atoms with Crippen molar-refractivity contribution in [3.8, 4) is 0 Å². The van der Waals surface area contributed by atoms with E-state index < -0.39 is 0 Å². The molecule has 0 atom stereocenters. The first-order valence-electron chi connectivity index (χ1n) is 4.38. The summed E-state index contributed by atoms with van der Waals surface area (Å²) in [5, 5.41) is 0. The Balaban J connectivity index is 0.000000424. The van der Waals surface area contributed by atoms with Crippen molar-refractivity contribution >= 4 is 6.15 Å². The highest BCUT2D eigenvalue weighted by Gasteiger charge is 1.87. The molecule has 0 heterocycles. The lowest BCUT2D eigenvalue weighted by Crippen LogP contribution is -1.81. The molecule has 1 aromatic rings. The van der Waals surface area contributed by atoms with Crippen molar-refractivity contribution in [1.82, 2.24) is 0 Å². The van der Waals surface area contributed by atoms with Crippen LogP contribution in [0.1, 0.15) is 25.3 Å². The molecular weight excluding hydrogens is 164 g/mol. The monoisotopic (exact) mass is 178 g/mol. The normalized spacial score (nSPS) is 8.08. The average Bonchev–Trinajstić information content (AvgIpc) is 2.18. The van der Waals surface area contributed by atoms with Gasteiger partial charge in [0.15, 0.2) is 0 Å². The van der Waals surface area contributed by atoms with E-state index in [4.69, 9.17) is 9.59 Å². The maximum Gasteiger partial charge on any atom is 0.373 e. The number of unbranched alkanes of at least 4 members (excludes halogenated alkanes) is 1. The highest BCUT2D eigenvalue weighted by atomic mass is 16.2. The zero-order chi connectivity index (χ0) is 9.94. The van der Waals surface area contributed by atoms with E-state index in [9.17, 15) is 0 Å². The maximum absolute atomic E-state index is 8.12. The van der Waals surface area contributed by atoms with Crippen LogP contribution in [-0.2, 0) is 16.0 Å². The summed E-state index contributed by atoms with van der Waals surface area (Å²) in [5.41, 5.74) is 1.46. The van der Waals surface area contributed by atoms with Crippen molar-refractivity contribution in [2.45, 2.75) is 26.2 Å². The van der Waals surface area contributed by atoms with Crippen LogP contribution in [0.3, 0.4) is 0 Å². The van der Waals surface area contributed by atoms with E-state index in [1.807, 2.05) is 0 Å². The Kier molecular flexibility index (Phi) is 7.76. The summed E-state index contributed by atoms with van der Waals surface area (Å²) in [6.45, 7) is 2.23. The van der Waals surface area contributed by atoms with Crippen molar-refractivity contribution in [3.63, 3.8) is 0 Å². The summed E-state index contributed by atoms with van der Waals surface area (Å²) < 4.78 is 0. The van der Waals surface area contributed by atoms with Crippen molar-refractivity contribution in [2.75, 3.05) is 0 Å². The molecule has 1 aromatic carbocycles. The molecule has 0 spiro atoms. The Bertz CT molecular complexity index is 236. The summed E-state index contributed by atoms with van der Waals surface area (Å²) in [6.07, 6.45) is 4.08. The van der Waals surface area contributed by atoms with Gasteiger partial charge in [-0.05, 0) is 18.4 Å². The van der Waals surface area contributed by atoms with E-state index in [1.54, 1.807) is 0 Å². The lowest BCUT2D eigenvalue weighted by atomic mass is 10.1. The molecule has 0 N–H and O–H groups in total. The van der Waals surface area contributed by atoms with Crippen LogP contribution in [0.4, 0.5) is 0 Å². The third-order valence-corrected chi connectivity index (χ3v) is 1.66. The zero-order valence-electron chi connectivity index (χ0n) is 7.82. The van der Waals surface area contributed by atoms with E-state index in [2.05, 4.69) is 37.3 Å². The van der Waals surface area contributed by atoms with Crippen LogP contribution in [0, 0.1) is 0 Å². The minimum atomic E-state index is 0.250. The molecule has 70 valence electrons. The van der Waals surface area contributed by atoms with Crippen molar-refractivity contribution in [3.05, 3.63) is 35.9 Å². The Hall–Kier alpha value is -1.40. The minimum Gasteiger partial charge on any atom is -0.186 e.